The number of hydrogen-bond donors (Lipinski definition) is 0. The fourth-order valence-corrected chi connectivity index (χ4v) is 1.93. The lowest BCUT2D eigenvalue weighted by Crippen LogP contribution is -1.95. The molecular weight excluding hydrogens is 228 g/mol. The first-order chi connectivity index (χ1) is 8.81. The van der Waals surface area contributed by atoms with Crippen molar-refractivity contribution in [2.24, 2.45) is 4.99 Å². The van der Waals surface area contributed by atoms with Crippen molar-refractivity contribution in [3.05, 3.63) is 42.0 Å². The van der Waals surface area contributed by atoms with Crippen molar-refractivity contribution in [1.29, 1.82) is 5.26 Å². The SMILES string of the molecule is COc1ccc(C(C#N)N=C=O)c2ccccc12. The van der Waals surface area contributed by atoms with Gasteiger partial charge in [0.2, 0.25) is 6.08 Å². The molecule has 2 aromatic rings. The van der Waals surface area contributed by atoms with E-state index in [1.165, 1.54) is 6.08 Å². The van der Waals surface area contributed by atoms with Crippen molar-refractivity contribution in [3.8, 4) is 11.8 Å². The highest BCUT2D eigenvalue weighted by molar-refractivity contribution is 5.91. The lowest BCUT2D eigenvalue weighted by Gasteiger charge is -2.10. The van der Waals surface area contributed by atoms with E-state index in [9.17, 15) is 4.79 Å². The van der Waals surface area contributed by atoms with E-state index in [-0.39, 0.29) is 0 Å². The maximum atomic E-state index is 10.3. The van der Waals surface area contributed by atoms with Gasteiger partial charge in [0.15, 0.2) is 6.04 Å². The highest BCUT2D eigenvalue weighted by Crippen LogP contribution is 2.32. The molecule has 0 N–H and O–H groups in total. The summed E-state index contributed by atoms with van der Waals surface area (Å²) in [5.74, 6) is 0.723. The van der Waals surface area contributed by atoms with Crippen LogP contribution in [0.1, 0.15) is 11.6 Å². The minimum absolute atomic E-state index is 0.678. The predicted molar refractivity (Wildman–Crippen MR) is 67.0 cm³/mol. The molecule has 0 aliphatic carbocycles. The molecule has 0 bridgehead atoms. The molecule has 0 heterocycles. The molecular formula is C14H10N2O2. The van der Waals surface area contributed by atoms with Gasteiger partial charge in [-0.25, -0.2) is 4.79 Å². The molecule has 4 nitrogen and oxygen atoms in total. The lowest BCUT2D eigenvalue weighted by atomic mass is 9.99. The van der Waals surface area contributed by atoms with Crippen LogP contribution >= 0.6 is 0 Å². The highest BCUT2D eigenvalue weighted by atomic mass is 16.5. The third-order valence-electron chi connectivity index (χ3n) is 2.74. The zero-order valence-electron chi connectivity index (χ0n) is 9.75. The van der Waals surface area contributed by atoms with Crippen molar-refractivity contribution >= 4 is 16.9 Å². The monoisotopic (exact) mass is 238 g/mol. The Hall–Kier alpha value is -2.63. The van der Waals surface area contributed by atoms with Crippen LogP contribution in [0.4, 0.5) is 0 Å². The second kappa shape index (κ2) is 5.13. The van der Waals surface area contributed by atoms with Crippen molar-refractivity contribution in [2.75, 3.05) is 7.11 Å². The molecule has 0 aromatic heterocycles. The van der Waals surface area contributed by atoms with Crippen molar-refractivity contribution < 1.29 is 9.53 Å². The van der Waals surface area contributed by atoms with Crippen LogP contribution in [-0.2, 0) is 4.79 Å². The number of ether oxygens (including phenoxy) is 1. The van der Waals surface area contributed by atoms with Crippen molar-refractivity contribution in [3.63, 3.8) is 0 Å². The quantitative estimate of drug-likeness (QED) is 0.610. The summed E-state index contributed by atoms with van der Waals surface area (Å²) in [7, 11) is 1.59. The summed E-state index contributed by atoms with van der Waals surface area (Å²) < 4.78 is 5.26. The van der Waals surface area contributed by atoms with E-state index in [4.69, 9.17) is 10.00 Å². The molecule has 88 valence electrons. The van der Waals surface area contributed by atoms with Gasteiger partial charge in [-0.05, 0) is 17.0 Å². The summed E-state index contributed by atoms with van der Waals surface area (Å²) in [4.78, 5) is 13.9. The van der Waals surface area contributed by atoms with E-state index >= 15 is 0 Å². The molecule has 0 radical (unpaired) electrons. The average Bonchev–Trinajstić information content (AvgIpc) is 2.44. The Morgan fingerprint density at radius 3 is 2.56 bits per heavy atom. The van der Waals surface area contributed by atoms with Gasteiger partial charge in [0.25, 0.3) is 0 Å². The Morgan fingerprint density at radius 1 is 1.22 bits per heavy atom. The van der Waals surface area contributed by atoms with Crippen LogP contribution in [0.15, 0.2) is 41.4 Å². The number of fused-ring (bicyclic) bond motifs is 1. The van der Waals surface area contributed by atoms with Crippen LogP contribution in [-0.4, -0.2) is 13.2 Å². The summed E-state index contributed by atoms with van der Waals surface area (Å²) in [6, 6.07) is 12.2. The number of isocyanates is 1. The van der Waals surface area contributed by atoms with E-state index in [1.54, 1.807) is 19.2 Å². The molecule has 0 aliphatic rings. The van der Waals surface area contributed by atoms with Gasteiger partial charge in [0, 0.05) is 5.39 Å². The molecule has 2 aromatic carbocycles. The maximum absolute atomic E-state index is 10.3. The largest absolute Gasteiger partial charge is 0.496 e. The Bertz CT molecular complexity index is 667. The summed E-state index contributed by atoms with van der Waals surface area (Å²) in [6.07, 6.45) is 1.43. The molecule has 2 rings (SSSR count). The molecule has 0 aliphatic heterocycles. The molecule has 0 amide bonds. The lowest BCUT2D eigenvalue weighted by molar-refractivity contribution is 0.419. The van der Waals surface area contributed by atoms with Gasteiger partial charge in [-0.1, -0.05) is 30.3 Å². The fourth-order valence-electron chi connectivity index (χ4n) is 1.93. The second-order valence-electron chi connectivity index (χ2n) is 3.65. The third kappa shape index (κ3) is 1.95. The van der Waals surface area contributed by atoms with Gasteiger partial charge in [0.1, 0.15) is 5.75 Å². The van der Waals surface area contributed by atoms with Crippen LogP contribution in [0.3, 0.4) is 0 Å². The smallest absolute Gasteiger partial charge is 0.236 e. The molecule has 1 unspecified atom stereocenters. The Morgan fingerprint density at radius 2 is 1.94 bits per heavy atom. The van der Waals surface area contributed by atoms with Crippen LogP contribution in [0.25, 0.3) is 10.8 Å². The van der Waals surface area contributed by atoms with E-state index in [0.717, 1.165) is 16.5 Å². The normalized spacial score (nSPS) is 11.3. The first-order valence-corrected chi connectivity index (χ1v) is 5.34. The summed E-state index contributed by atoms with van der Waals surface area (Å²) >= 11 is 0. The van der Waals surface area contributed by atoms with Crippen LogP contribution in [0.2, 0.25) is 0 Å². The average molecular weight is 238 g/mol. The maximum Gasteiger partial charge on any atom is 0.236 e. The topological polar surface area (TPSA) is 62.4 Å². The first-order valence-electron chi connectivity index (χ1n) is 5.34. The Labute approximate surface area is 104 Å². The summed E-state index contributed by atoms with van der Waals surface area (Å²) in [5, 5.41) is 10.8. The van der Waals surface area contributed by atoms with Gasteiger partial charge in [-0.3, -0.25) is 0 Å². The second-order valence-corrected chi connectivity index (χ2v) is 3.65. The standard InChI is InChI=1S/C14H10N2O2/c1-18-14-7-6-11(13(8-15)16-9-17)10-4-2-3-5-12(10)14/h2-7,13H,1H3. The minimum Gasteiger partial charge on any atom is -0.496 e. The Kier molecular flexibility index (Phi) is 3.38. The first kappa shape index (κ1) is 11.8. The van der Waals surface area contributed by atoms with Crippen molar-refractivity contribution in [1.82, 2.24) is 0 Å². The van der Waals surface area contributed by atoms with Gasteiger partial charge in [-0.15, -0.1) is 0 Å². The number of nitriles is 1. The van der Waals surface area contributed by atoms with E-state index in [2.05, 4.69) is 4.99 Å². The number of carbonyl (C=O) groups excluding carboxylic acids is 1. The summed E-state index contributed by atoms with van der Waals surface area (Å²) in [6.45, 7) is 0. The van der Waals surface area contributed by atoms with Gasteiger partial charge < -0.3 is 4.74 Å². The van der Waals surface area contributed by atoms with Crippen LogP contribution < -0.4 is 4.74 Å². The van der Waals surface area contributed by atoms with Crippen molar-refractivity contribution in [2.45, 2.75) is 6.04 Å². The van der Waals surface area contributed by atoms with Gasteiger partial charge in [-0.2, -0.15) is 10.3 Å². The predicted octanol–water partition coefficient (Wildman–Crippen LogP) is 2.75. The molecule has 0 spiro atoms. The number of nitrogens with zero attached hydrogens (tertiary/aromatic N) is 2. The number of benzene rings is 2. The van der Waals surface area contributed by atoms with Gasteiger partial charge >= 0.3 is 0 Å². The molecule has 18 heavy (non-hydrogen) atoms. The van der Waals surface area contributed by atoms with Gasteiger partial charge in [0.05, 0.1) is 13.2 Å². The number of methoxy groups -OCH3 is 1. The van der Waals surface area contributed by atoms with Crippen LogP contribution in [0.5, 0.6) is 5.75 Å². The van der Waals surface area contributed by atoms with E-state index in [0.29, 0.717) is 5.56 Å². The van der Waals surface area contributed by atoms with E-state index in [1.807, 2.05) is 30.3 Å². The number of aliphatic imine (C=N–C) groups is 1. The molecule has 4 heteroatoms. The fraction of sp³-hybridized carbons (Fsp3) is 0.143. The number of hydrogen-bond acceptors (Lipinski definition) is 4. The minimum atomic E-state index is -0.835. The third-order valence-corrected chi connectivity index (χ3v) is 2.74. The molecule has 1 atom stereocenters. The molecule has 0 saturated carbocycles. The highest BCUT2D eigenvalue weighted by Gasteiger charge is 2.14. The summed E-state index contributed by atoms with van der Waals surface area (Å²) in [5.41, 5.74) is 0.678. The number of rotatable bonds is 3. The Balaban J connectivity index is 2.74. The molecule has 0 fully saturated rings. The zero-order chi connectivity index (χ0) is 13.0. The van der Waals surface area contributed by atoms with Crippen LogP contribution in [0, 0.1) is 11.3 Å². The zero-order valence-corrected chi connectivity index (χ0v) is 9.75. The molecule has 0 saturated heterocycles. The van der Waals surface area contributed by atoms with E-state index < -0.39 is 6.04 Å².